The molecule has 0 saturated carbocycles. The van der Waals surface area contributed by atoms with Gasteiger partial charge in [-0.1, -0.05) is 22.0 Å². The summed E-state index contributed by atoms with van der Waals surface area (Å²) in [5.41, 5.74) is 1.44. The van der Waals surface area contributed by atoms with Gasteiger partial charge in [-0.15, -0.1) is 0 Å². The molecule has 0 unspecified atom stereocenters. The third-order valence-electron chi connectivity index (χ3n) is 4.10. The number of amides is 1. The third kappa shape index (κ3) is 2.95. The van der Waals surface area contributed by atoms with Gasteiger partial charge in [0.05, 0.1) is 12.0 Å². The number of carbonyl (C=O) groups excluding carboxylic acids is 2. The average Bonchev–Trinajstić information content (AvgIpc) is 2.37. The van der Waals surface area contributed by atoms with Gasteiger partial charge in [-0.3, -0.25) is 9.59 Å². The summed E-state index contributed by atoms with van der Waals surface area (Å²) in [4.78, 5) is 26.3. The van der Waals surface area contributed by atoms with Crippen LogP contribution in [0.15, 0.2) is 22.7 Å². The van der Waals surface area contributed by atoms with Crippen molar-refractivity contribution in [1.82, 2.24) is 4.90 Å². The lowest BCUT2D eigenvalue weighted by atomic mass is 9.88. The maximum atomic E-state index is 12.6. The Morgan fingerprint density at radius 3 is 2.80 bits per heavy atom. The van der Waals surface area contributed by atoms with Crippen molar-refractivity contribution in [3.05, 3.63) is 33.8 Å². The van der Waals surface area contributed by atoms with Gasteiger partial charge in [0.15, 0.2) is 5.78 Å². The highest BCUT2D eigenvalue weighted by Crippen LogP contribution is 2.26. The van der Waals surface area contributed by atoms with Crippen molar-refractivity contribution in [2.45, 2.75) is 45.6 Å². The summed E-state index contributed by atoms with van der Waals surface area (Å²) in [5.74, 6) is 0.187. The zero-order valence-corrected chi connectivity index (χ0v) is 13.8. The van der Waals surface area contributed by atoms with E-state index >= 15 is 0 Å². The molecule has 2 rings (SSSR count). The van der Waals surface area contributed by atoms with Gasteiger partial charge in [0.2, 0.25) is 5.91 Å². The van der Waals surface area contributed by atoms with Gasteiger partial charge in [-0.05, 0) is 50.5 Å². The van der Waals surface area contributed by atoms with Crippen LogP contribution in [0.1, 0.15) is 37.8 Å². The number of Topliss-reactive ketones (excluding diaryl/α,β-unsaturated/α-hetero) is 1. The van der Waals surface area contributed by atoms with E-state index in [0.717, 1.165) is 22.0 Å². The Morgan fingerprint density at radius 2 is 2.10 bits per heavy atom. The lowest BCUT2D eigenvalue weighted by molar-refractivity contribution is -0.147. The van der Waals surface area contributed by atoms with E-state index in [2.05, 4.69) is 15.9 Å². The highest BCUT2D eigenvalue weighted by molar-refractivity contribution is 9.10. The van der Waals surface area contributed by atoms with E-state index in [1.165, 1.54) is 0 Å². The monoisotopic (exact) mass is 337 g/mol. The molecule has 1 fully saturated rings. The number of piperidine rings is 1. The van der Waals surface area contributed by atoms with Crippen LogP contribution in [-0.2, 0) is 16.0 Å². The second-order valence-corrected chi connectivity index (χ2v) is 6.79. The maximum absolute atomic E-state index is 12.6. The van der Waals surface area contributed by atoms with Crippen LogP contribution in [-0.4, -0.2) is 28.7 Å². The number of likely N-dealkylation sites (tertiary alicyclic amines) is 1. The van der Waals surface area contributed by atoms with Crippen molar-refractivity contribution in [2.75, 3.05) is 6.54 Å². The van der Waals surface area contributed by atoms with Crippen molar-refractivity contribution >= 4 is 27.6 Å². The molecule has 0 spiro atoms. The largest absolute Gasteiger partial charge is 0.330 e. The highest BCUT2D eigenvalue weighted by Gasteiger charge is 2.39. The van der Waals surface area contributed by atoms with Crippen LogP contribution >= 0.6 is 15.9 Å². The fourth-order valence-corrected chi connectivity index (χ4v) is 3.07. The molecular formula is C16H20BrNO2. The van der Waals surface area contributed by atoms with E-state index in [4.69, 9.17) is 0 Å². The number of aryl methyl sites for hydroxylation is 1. The predicted molar refractivity (Wildman–Crippen MR) is 82.6 cm³/mol. The number of carbonyl (C=O) groups is 2. The number of halogens is 1. The first kappa shape index (κ1) is 15.2. The Bertz CT molecular complexity index is 551. The molecule has 1 aromatic rings. The number of rotatable bonds is 2. The Kier molecular flexibility index (Phi) is 4.33. The van der Waals surface area contributed by atoms with Crippen LogP contribution in [0.4, 0.5) is 0 Å². The SMILES string of the molecule is Cc1ccc(Br)cc1CC(=O)N1CCCC(=O)C1(C)C. The molecular weight excluding hydrogens is 318 g/mol. The Labute approximate surface area is 128 Å². The van der Waals surface area contributed by atoms with E-state index in [1.807, 2.05) is 39.0 Å². The molecule has 1 aliphatic rings. The summed E-state index contributed by atoms with van der Waals surface area (Å²) in [6, 6.07) is 5.95. The van der Waals surface area contributed by atoms with E-state index in [0.29, 0.717) is 19.4 Å². The van der Waals surface area contributed by atoms with Crippen molar-refractivity contribution < 1.29 is 9.59 Å². The van der Waals surface area contributed by atoms with Crippen molar-refractivity contribution in [1.29, 1.82) is 0 Å². The van der Waals surface area contributed by atoms with Gasteiger partial charge in [0.25, 0.3) is 0 Å². The Balaban J connectivity index is 2.19. The maximum Gasteiger partial charge on any atom is 0.227 e. The summed E-state index contributed by atoms with van der Waals surface area (Å²) >= 11 is 3.44. The standard InChI is InChI=1S/C16H20BrNO2/c1-11-6-7-13(17)9-12(11)10-15(20)18-8-4-5-14(19)16(18,2)3/h6-7,9H,4-5,8,10H2,1-3H3. The molecule has 1 aliphatic heterocycles. The molecule has 0 atom stereocenters. The summed E-state index contributed by atoms with van der Waals surface area (Å²) < 4.78 is 0.972. The molecule has 0 N–H and O–H groups in total. The van der Waals surface area contributed by atoms with Gasteiger partial charge in [-0.25, -0.2) is 0 Å². The smallest absolute Gasteiger partial charge is 0.227 e. The molecule has 3 nitrogen and oxygen atoms in total. The van der Waals surface area contributed by atoms with Gasteiger partial charge in [-0.2, -0.15) is 0 Å². The number of ketones is 1. The average molecular weight is 338 g/mol. The third-order valence-corrected chi connectivity index (χ3v) is 4.59. The van der Waals surface area contributed by atoms with Crippen LogP contribution < -0.4 is 0 Å². The second kappa shape index (κ2) is 5.68. The van der Waals surface area contributed by atoms with Crippen molar-refractivity contribution in [3.63, 3.8) is 0 Å². The molecule has 1 heterocycles. The van der Waals surface area contributed by atoms with Crippen molar-refractivity contribution in [2.24, 2.45) is 0 Å². The lowest BCUT2D eigenvalue weighted by Gasteiger charge is -2.41. The molecule has 0 aliphatic carbocycles. The first-order valence-corrected chi connectivity index (χ1v) is 7.70. The Morgan fingerprint density at radius 1 is 1.40 bits per heavy atom. The van der Waals surface area contributed by atoms with E-state index in [-0.39, 0.29) is 11.7 Å². The fourth-order valence-electron chi connectivity index (χ4n) is 2.66. The molecule has 108 valence electrons. The van der Waals surface area contributed by atoms with Gasteiger partial charge in [0, 0.05) is 17.4 Å². The minimum absolute atomic E-state index is 0.0317. The number of benzene rings is 1. The van der Waals surface area contributed by atoms with Crippen molar-refractivity contribution in [3.8, 4) is 0 Å². The summed E-state index contributed by atoms with van der Waals surface area (Å²) in [5, 5.41) is 0. The summed E-state index contributed by atoms with van der Waals surface area (Å²) in [6.45, 7) is 6.37. The van der Waals surface area contributed by atoms with Crippen LogP contribution in [0.25, 0.3) is 0 Å². The topological polar surface area (TPSA) is 37.4 Å². The summed E-state index contributed by atoms with van der Waals surface area (Å²) in [6.07, 6.45) is 1.69. The molecule has 4 heteroatoms. The van der Waals surface area contributed by atoms with Crippen LogP contribution in [0.2, 0.25) is 0 Å². The molecule has 20 heavy (non-hydrogen) atoms. The fraction of sp³-hybridized carbons (Fsp3) is 0.500. The normalized spacial score (nSPS) is 18.2. The quantitative estimate of drug-likeness (QED) is 0.830. The van der Waals surface area contributed by atoms with Crippen LogP contribution in [0, 0.1) is 6.92 Å². The van der Waals surface area contributed by atoms with E-state index in [1.54, 1.807) is 4.90 Å². The summed E-state index contributed by atoms with van der Waals surface area (Å²) in [7, 11) is 0. The Hall–Kier alpha value is -1.16. The second-order valence-electron chi connectivity index (χ2n) is 5.88. The minimum Gasteiger partial charge on any atom is -0.330 e. The molecule has 0 aromatic heterocycles. The number of nitrogens with zero attached hydrogens (tertiary/aromatic N) is 1. The molecule has 1 saturated heterocycles. The molecule has 1 amide bonds. The lowest BCUT2D eigenvalue weighted by Crippen LogP contribution is -2.56. The van der Waals surface area contributed by atoms with Gasteiger partial charge >= 0.3 is 0 Å². The number of hydrogen-bond donors (Lipinski definition) is 0. The van der Waals surface area contributed by atoms with Crippen LogP contribution in [0.3, 0.4) is 0 Å². The van der Waals surface area contributed by atoms with Gasteiger partial charge < -0.3 is 4.90 Å². The molecule has 0 radical (unpaired) electrons. The molecule has 0 bridgehead atoms. The zero-order chi connectivity index (χ0) is 14.9. The highest BCUT2D eigenvalue weighted by atomic mass is 79.9. The minimum atomic E-state index is -0.671. The van der Waals surface area contributed by atoms with E-state index < -0.39 is 5.54 Å². The van der Waals surface area contributed by atoms with Crippen LogP contribution in [0.5, 0.6) is 0 Å². The zero-order valence-electron chi connectivity index (χ0n) is 12.2. The molecule has 1 aromatic carbocycles. The van der Waals surface area contributed by atoms with Gasteiger partial charge in [0.1, 0.15) is 0 Å². The predicted octanol–water partition coefficient (Wildman–Crippen LogP) is 3.27. The first-order valence-electron chi connectivity index (χ1n) is 6.91. The van der Waals surface area contributed by atoms with E-state index in [9.17, 15) is 9.59 Å². The first-order chi connectivity index (χ1) is 9.32. The number of hydrogen-bond acceptors (Lipinski definition) is 2.